The minimum Gasteiger partial charge on any atom is -0.316 e. The zero-order valence-corrected chi connectivity index (χ0v) is 11.3. The number of thiazole rings is 1. The Bertz CT molecular complexity index is 597. The lowest BCUT2D eigenvalue weighted by Gasteiger charge is -2.10. The molecule has 3 rings (SSSR count). The van der Waals surface area contributed by atoms with E-state index in [0.29, 0.717) is 0 Å². The van der Waals surface area contributed by atoms with Crippen molar-refractivity contribution in [2.24, 2.45) is 5.73 Å². The molecule has 0 saturated heterocycles. The van der Waals surface area contributed by atoms with Crippen LogP contribution in [0.5, 0.6) is 0 Å². The first kappa shape index (κ1) is 11.7. The number of nitrogens with two attached hydrogens (primary N) is 1. The average Bonchev–Trinajstić information content (AvgIpc) is 2.95. The van der Waals surface area contributed by atoms with Gasteiger partial charge in [0.1, 0.15) is 6.04 Å². The summed E-state index contributed by atoms with van der Waals surface area (Å²) in [6, 6.07) is 5.38. The maximum atomic E-state index is 11.8. The second-order valence-electron chi connectivity index (χ2n) is 4.00. The summed E-state index contributed by atoms with van der Waals surface area (Å²) in [6.45, 7) is 0. The van der Waals surface area contributed by atoms with Crippen LogP contribution in [0.25, 0.3) is 0 Å². The zero-order valence-electron chi connectivity index (χ0n) is 9.66. The van der Waals surface area contributed by atoms with Gasteiger partial charge in [0, 0.05) is 34.8 Å². The van der Waals surface area contributed by atoms with Gasteiger partial charge in [0.2, 0.25) is 5.91 Å². The van der Waals surface area contributed by atoms with E-state index in [2.05, 4.69) is 4.98 Å². The van der Waals surface area contributed by atoms with Crippen molar-refractivity contribution >= 4 is 34.7 Å². The summed E-state index contributed by atoms with van der Waals surface area (Å²) < 4.78 is 0.992. The SMILES string of the molecule is CN1C(=O)C(N)c2ccc(Sc3nccs3)cc21. The Morgan fingerprint density at radius 1 is 1.50 bits per heavy atom. The van der Waals surface area contributed by atoms with Gasteiger partial charge >= 0.3 is 0 Å². The molecule has 1 aliphatic heterocycles. The molecular weight excluding hydrogens is 266 g/mol. The van der Waals surface area contributed by atoms with Gasteiger partial charge in [0.05, 0.1) is 0 Å². The predicted octanol–water partition coefficient (Wildman–Crippen LogP) is 2.27. The van der Waals surface area contributed by atoms with Gasteiger partial charge in [-0.1, -0.05) is 17.8 Å². The number of benzene rings is 1. The van der Waals surface area contributed by atoms with Crippen LogP contribution in [0.2, 0.25) is 0 Å². The van der Waals surface area contributed by atoms with Crippen molar-refractivity contribution < 1.29 is 4.79 Å². The lowest BCUT2D eigenvalue weighted by Crippen LogP contribution is -2.27. The van der Waals surface area contributed by atoms with E-state index in [9.17, 15) is 4.79 Å². The molecule has 6 heteroatoms. The molecule has 2 heterocycles. The Kier molecular flexibility index (Phi) is 2.85. The molecule has 0 spiro atoms. The van der Waals surface area contributed by atoms with E-state index in [1.807, 2.05) is 23.6 Å². The molecule has 4 nitrogen and oxygen atoms in total. The topological polar surface area (TPSA) is 59.2 Å². The van der Waals surface area contributed by atoms with E-state index >= 15 is 0 Å². The third kappa shape index (κ3) is 1.82. The summed E-state index contributed by atoms with van der Waals surface area (Å²) in [7, 11) is 1.76. The molecular formula is C12H11N3OS2. The van der Waals surface area contributed by atoms with Crippen LogP contribution in [-0.2, 0) is 4.79 Å². The average molecular weight is 277 g/mol. The number of aromatic nitrogens is 1. The largest absolute Gasteiger partial charge is 0.316 e. The molecule has 1 amide bonds. The van der Waals surface area contributed by atoms with E-state index in [1.165, 1.54) is 0 Å². The summed E-state index contributed by atoms with van der Waals surface area (Å²) >= 11 is 3.19. The maximum Gasteiger partial charge on any atom is 0.248 e. The fourth-order valence-electron chi connectivity index (χ4n) is 1.96. The Morgan fingerprint density at radius 3 is 3.06 bits per heavy atom. The molecule has 0 fully saturated rings. The molecule has 1 aliphatic rings. The standard InChI is InChI=1S/C12H11N3OS2/c1-15-9-6-7(18-12-14-4-5-17-12)2-3-8(9)10(13)11(15)16/h2-6,10H,13H2,1H3. The number of carbonyl (C=O) groups excluding carboxylic acids is 1. The molecule has 0 aliphatic carbocycles. The van der Waals surface area contributed by atoms with Crippen LogP contribution in [0.1, 0.15) is 11.6 Å². The summed E-state index contributed by atoms with van der Waals surface area (Å²) in [4.78, 5) is 18.7. The summed E-state index contributed by atoms with van der Waals surface area (Å²) in [5.41, 5.74) is 7.65. The number of rotatable bonds is 2. The molecule has 2 N–H and O–H groups in total. The van der Waals surface area contributed by atoms with Gasteiger partial charge in [0.25, 0.3) is 0 Å². The van der Waals surface area contributed by atoms with Gasteiger partial charge in [-0.2, -0.15) is 0 Å². The number of anilines is 1. The molecule has 92 valence electrons. The molecule has 0 saturated carbocycles. The molecule has 2 aromatic rings. The van der Waals surface area contributed by atoms with E-state index in [1.54, 1.807) is 41.2 Å². The van der Waals surface area contributed by atoms with Crippen LogP contribution in [-0.4, -0.2) is 17.9 Å². The lowest BCUT2D eigenvalue weighted by atomic mass is 10.1. The highest BCUT2D eigenvalue weighted by Gasteiger charge is 2.32. The van der Waals surface area contributed by atoms with Gasteiger partial charge in [-0.25, -0.2) is 4.98 Å². The van der Waals surface area contributed by atoms with Crippen molar-refractivity contribution in [2.75, 3.05) is 11.9 Å². The van der Waals surface area contributed by atoms with Crippen LogP contribution in [0.3, 0.4) is 0 Å². The van der Waals surface area contributed by atoms with Gasteiger partial charge in [-0.3, -0.25) is 4.79 Å². The van der Waals surface area contributed by atoms with Gasteiger partial charge in [0.15, 0.2) is 4.34 Å². The Morgan fingerprint density at radius 2 is 2.33 bits per heavy atom. The van der Waals surface area contributed by atoms with Gasteiger partial charge in [-0.15, -0.1) is 11.3 Å². The molecule has 1 aromatic carbocycles. The third-order valence-electron chi connectivity index (χ3n) is 2.91. The summed E-state index contributed by atoms with van der Waals surface area (Å²) in [5.74, 6) is -0.0543. The minimum atomic E-state index is -0.524. The fraction of sp³-hybridized carbons (Fsp3) is 0.167. The molecule has 1 aromatic heterocycles. The molecule has 1 atom stereocenters. The second-order valence-corrected chi connectivity index (χ2v) is 6.21. The molecule has 0 bridgehead atoms. The number of fused-ring (bicyclic) bond motifs is 1. The number of hydrogen-bond acceptors (Lipinski definition) is 5. The first-order chi connectivity index (χ1) is 8.66. The van der Waals surface area contributed by atoms with Gasteiger partial charge < -0.3 is 10.6 Å². The van der Waals surface area contributed by atoms with Crippen molar-refractivity contribution in [1.82, 2.24) is 4.98 Å². The van der Waals surface area contributed by atoms with Crippen LogP contribution in [0.4, 0.5) is 5.69 Å². The van der Waals surface area contributed by atoms with E-state index in [-0.39, 0.29) is 5.91 Å². The van der Waals surface area contributed by atoms with E-state index in [4.69, 9.17) is 5.73 Å². The highest BCUT2D eigenvalue weighted by Crippen LogP contribution is 2.38. The number of carbonyl (C=O) groups is 1. The Labute approximate surface area is 113 Å². The van der Waals surface area contributed by atoms with Crippen LogP contribution in [0.15, 0.2) is 39.0 Å². The predicted molar refractivity (Wildman–Crippen MR) is 73.0 cm³/mol. The third-order valence-corrected chi connectivity index (χ3v) is 4.78. The number of amides is 1. The van der Waals surface area contributed by atoms with Crippen molar-refractivity contribution in [2.45, 2.75) is 15.3 Å². The fourth-order valence-corrected chi connectivity index (χ4v) is 3.59. The van der Waals surface area contributed by atoms with Crippen molar-refractivity contribution in [3.8, 4) is 0 Å². The Hall–Kier alpha value is -1.37. The highest BCUT2D eigenvalue weighted by atomic mass is 32.2. The quantitative estimate of drug-likeness (QED) is 0.915. The van der Waals surface area contributed by atoms with Crippen molar-refractivity contribution in [3.05, 3.63) is 35.3 Å². The minimum absolute atomic E-state index is 0.0543. The first-order valence-corrected chi connectivity index (χ1v) is 7.11. The van der Waals surface area contributed by atoms with Crippen molar-refractivity contribution in [3.63, 3.8) is 0 Å². The van der Waals surface area contributed by atoms with E-state index < -0.39 is 6.04 Å². The number of likely N-dealkylation sites (N-methyl/N-ethyl adjacent to an activating group) is 1. The maximum absolute atomic E-state index is 11.8. The normalized spacial score (nSPS) is 18.2. The van der Waals surface area contributed by atoms with Gasteiger partial charge in [-0.05, 0) is 12.1 Å². The molecule has 0 radical (unpaired) electrons. The van der Waals surface area contributed by atoms with Crippen molar-refractivity contribution in [1.29, 1.82) is 0 Å². The number of hydrogen-bond donors (Lipinski definition) is 1. The Balaban J connectivity index is 1.95. The lowest BCUT2D eigenvalue weighted by molar-refractivity contribution is -0.118. The van der Waals surface area contributed by atoms with Crippen LogP contribution < -0.4 is 10.6 Å². The second kappa shape index (κ2) is 4.38. The zero-order chi connectivity index (χ0) is 12.7. The van der Waals surface area contributed by atoms with E-state index in [0.717, 1.165) is 20.5 Å². The molecule has 18 heavy (non-hydrogen) atoms. The van der Waals surface area contributed by atoms with Crippen LogP contribution >= 0.6 is 23.1 Å². The summed E-state index contributed by atoms with van der Waals surface area (Å²) in [6.07, 6.45) is 1.78. The first-order valence-electron chi connectivity index (χ1n) is 5.41. The smallest absolute Gasteiger partial charge is 0.248 e. The molecule has 1 unspecified atom stereocenters. The summed E-state index contributed by atoms with van der Waals surface area (Å²) in [5, 5.41) is 1.95. The number of nitrogens with zero attached hydrogens (tertiary/aromatic N) is 2. The van der Waals surface area contributed by atoms with Crippen LogP contribution in [0, 0.1) is 0 Å². The monoisotopic (exact) mass is 277 g/mol. The highest BCUT2D eigenvalue weighted by molar-refractivity contribution is 8.01.